The first-order valence-electron chi connectivity index (χ1n) is 6.63. The van der Waals surface area contributed by atoms with Gasteiger partial charge in [-0.2, -0.15) is 0 Å². The number of benzene rings is 1. The molecule has 3 N–H and O–H groups in total. The van der Waals surface area contributed by atoms with E-state index in [1.54, 1.807) is 11.3 Å². The maximum Gasteiger partial charge on any atom is 0.0705 e. The molecule has 0 amide bonds. The molecule has 102 valence electrons. The molecule has 0 spiro atoms. The highest BCUT2D eigenvalue weighted by Gasteiger charge is 2.13. The zero-order valence-corrected chi connectivity index (χ0v) is 12.2. The maximum absolute atomic E-state index is 5.70. The largest absolute Gasteiger partial charge is 0.271 e. The Hall–Kier alpha value is -1.75. The molecule has 2 aromatic heterocycles. The molecule has 1 unspecified atom stereocenters. The highest BCUT2D eigenvalue weighted by atomic mass is 32.1. The molecule has 0 bridgehead atoms. The summed E-state index contributed by atoms with van der Waals surface area (Å²) >= 11 is 1.77. The number of hydrogen-bond acceptors (Lipinski definition) is 4. The number of para-hydroxylation sites is 1. The summed E-state index contributed by atoms with van der Waals surface area (Å²) in [5.41, 5.74) is 4.98. The van der Waals surface area contributed by atoms with Gasteiger partial charge in [0, 0.05) is 27.3 Å². The highest BCUT2D eigenvalue weighted by molar-refractivity contribution is 7.12. The lowest BCUT2D eigenvalue weighted by atomic mass is 10.1. The summed E-state index contributed by atoms with van der Waals surface area (Å²) in [6.45, 7) is 2.11. The SMILES string of the molecule is Cc1ccc(C(Cc2ccc3ccccc3n2)NN)s1. The van der Waals surface area contributed by atoms with Crippen molar-refractivity contribution in [3.63, 3.8) is 0 Å². The minimum atomic E-state index is 0.113. The summed E-state index contributed by atoms with van der Waals surface area (Å²) in [5, 5.41) is 1.17. The van der Waals surface area contributed by atoms with Gasteiger partial charge >= 0.3 is 0 Å². The molecule has 0 fully saturated rings. The van der Waals surface area contributed by atoms with Crippen molar-refractivity contribution in [2.24, 2.45) is 5.84 Å². The number of aryl methyl sites for hydroxylation is 1. The fourth-order valence-corrected chi connectivity index (χ4v) is 3.25. The van der Waals surface area contributed by atoms with Crippen LogP contribution < -0.4 is 11.3 Å². The van der Waals surface area contributed by atoms with E-state index in [4.69, 9.17) is 10.8 Å². The average Bonchev–Trinajstić information content (AvgIpc) is 2.91. The number of hydrogen-bond donors (Lipinski definition) is 2. The van der Waals surface area contributed by atoms with Crippen molar-refractivity contribution in [1.29, 1.82) is 0 Å². The maximum atomic E-state index is 5.70. The van der Waals surface area contributed by atoms with Crippen LogP contribution in [0.25, 0.3) is 10.9 Å². The third kappa shape index (κ3) is 2.72. The number of aromatic nitrogens is 1. The van der Waals surface area contributed by atoms with E-state index in [0.29, 0.717) is 0 Å². The number of nitrogens with one attached hydrogen (secondary N) is 1. The molecule has 1 aromatic carbocycles. The first-order valence-corrected chi connectivity index (χ1v) is 7.45. The van der Waals surface area contributed by atoms with Crippen LogP contribution in [0.4, 0.5) is 0 Å². The molecule has 0 radical (unpaired) electrons. The van der Waals surface area contributed by atoms with Crippen LogP contribution in [-0.2, 0) is 6.42 Å². The molecule has 0 saturated carbocycles. The Labute approximate surface area is 122 Å². The van der Waals surface area contributed by atoms with Gasteiger partial charge in [-0.3, -0.25) is 16.3 Å². The van der Waals surface area contributed by atoms with Crippen LogP contribution in [0.1, 0.15) is 21.5 Å². The molecule has 3 rings (SSSR count). The number of hydrazine groups is 1. The summed E-state index contributed by atoms with van der Waals surface area (Å²) in [7, 11) is 0. The minimum Gasteiger partial charge on any atom is -0.271 e. The van der Waals surface area contributed by atoms with Crippen molar-refractivity contribution < 1.29 is 0 Å². The molecule has 0 saturated heterocycles. The number of rotatable bonds is 4. The fraction of sp³-hybridized carbons (Fsp3) is 0.188. The van der Waals surface area contributed by atoms with Gasteiger partial charge in [-0.15, -0.1) is 11.3 Å². The molecule has 2 heterocycles. The summed E-state index contributed by atoms with van der Waals surface area (Å²) in [5.74, 6) is 5.70. The molecule has 0 aliphatic carbocycles. The lowest BCUT2D eigenvalue weighted by Gasteiger charge is -2.14. The van der Waals surface area contributed by atoms with Gasteiger partial charge in [0.1, 0.15) is 0 Å². The predicted octanol–water partition coefficient (Wildman–Crippen LogP) is 3.35. The second kappa shape index (κ2) is 5.71. The number of nitrogens with two attached hydrogens (primary N) is 1. The molecule has 1 atom stereocenters. The quantitative estimate of drug-likeness (QED) is 0.570. The van der Waals surface area contributed by atoms with E-state index in [0.717, 1.165) is 17.6 Å². The van der Waals surface area contributed by atoms with Gasteiger partial charge in [-0.25, -0.2) is 0 Å². The number of thiophene rings is 1. The van der Waals surface area contributed by atoms with Crippen LogP contribution in [0, 0.1) is 6.92 Å². The third-order valence-corrected chi connectivity index (χ3v) is 4.49. The zero-order chi connectivity index (χ0) is 13.9. The zero-order valence-electron chi connectivity index (χ0n) is 11.3. The summed E-state index contributed by atoms with van der Waals surface area (Å²) < 4.78 is 0. The predicted molar refractivity (Wildman–Crippen MR) is 84.6 cm³/mol. The Morgan fingerprint density at radius 1 is 1.15 bits per heavy atom. The standard InChI is InChI=1S/C16H17N3S/c1-11-6-9-16(20-11)15(19-17)10-13-8-7-12-4-2-3-5-14(12)18-13/h2-9,15,19H,10,17H2,1H3. The van der Waals surface area contributed by atoms with Gasteiger partial charge in [0.2, 0.25) is 0 Å². The molecular weight excluding hydrogens is 266 g/mol. The van der Waals surface area contributed by atoms with E-state index in [1.165, 1.54) is 15.1 Å². The van der Waals surface area contributed by atoms with Crippen LogP contribution >= 0.6 is 11.3 Å². The van der Waals surface area contributed by atoms with Crippen molar-refractivity contribution in [1.82, 2.24) is 10.4 Å². The number of nitrogens with zero attached hydrogens (tertiary/aromatic N) is 1. The fourth-order valence-electron chi connectivity index (χ4n) is 2.31. The first-order chi connectivity index (χ1) is 9.76. The van der Waals surface area contributed by atoms with Gasteiger partial charge in [0.15, 0.2) is 0 Å². The topological polar surface area (TPSA) is 50.9 Å². The first kappa shape index (κ1) is 13.2. The molecule has 3 nitrogen and oxygen atoms in total. The Kier molecular flexibility index (Phi) is 3.78. The van der Waals surface area contributed by atoms with Gasteiger partial charge in [-0.05, 0) is 31.2 Å². The monoisotopic (exact) mass is 283 g/mol. The Morgan fingerprint density at radius 3 is 2.75 bits per heavy atom. The van der Waals surface area contributed by atoms with Crippen LogP contribution in [0.5, 0.6) is 0 Å². The van der Waals surface area contributed by atoms with E-state index >= 15 is 0 Å². The van der Waals surface area contributed by atoms with Gasteiger partial charge < -0.3 is 0 Å². The van der Waals surface area contributed by atoms with E-state index in [1.807, 2.05) is 18.2 Å². The lowest BCUT2D eigenvalue weighted by molar-refractivity contribution is 0.555. The van der Waals surface area contributed by atoms with Crippen molar-refractivity contribution in [2.75, 3.05) is 0 Å². The van der Waals surface area contributed by atoms with Crippen LogP contribution in [0.15, 0.2) is 48.5 Å². The molecule has 0 aliphatic heterocycles. The van der Waals surface area contributed by atoms with E-state index < -0.39 is 0 Å². The van der Waals surface area contributed by atoms with Gasteiger partial charge in [-0.1, -0.05) is 24.3 Å². The van der Waals surface area contributed by atoms with Crippen LogP contribution in [0.2, 0.25) is 0 Å². The van der Waals surface area contributed by atoms with Gasteiger partial charge in [0.25, 0.3) is 0 Å². The number of pyridine rings is 1. The summed E-state index contributed by atoms with van der Waals surface area (Å²) in [4.78, 5) is 7.25. The van der Waals surface area contributed by atoms with Crippen molar-refractivity contribution in [2.45, 2.75) is 19.4 Å². The Balaban J connectivity index is 1.87. The second-order valence-corrected chi connectivity index (χ2v) is 6.19. The van der Waals surface area contributed by atoms with E-state index in [9.17, 15) is 0 Å². The normalized spacial score (nSPS) is 12.7. The molecular formula is C16H17N3S. The summed E-state index contributed by atoms with van der Waals surface area (Å²) in [6.07, 6.45) is 0.793. The molecule has 0 aliphatic rings. The highest BCUT2D eigenvalue weighted by Crippen LogP contribution is 2.25. The second-order valence-electron chi connectivity index (χ2n) is 4.87. The molecule has 3 aromatic rings. The third-order valence-electron chi connectivity index (χ3n) is 3.38. The van der Waals surface area contributed by atoms with Gasteiger partial charge in [0.05, 0.1) is 11.6 Å². The average molecular weight is 283 g/mol. The van der Waals surface area contributed by atoms with Crippen LogP contribution in [0.3, 0.4) is 0 Å². The van der Waals surface area contributed by atoms with E-state index in [2.05, 4.69) is 42.7 Å². The summed E-state index contributed by atoms with van der Waals surface area (Å²) in [6, 6.07) is 16.7. The smallest absolute Gasteiger partial charge is 0.0705 e. The van der Waals surface area contributed by atoms with Crippen molar-refractivity contribution >= 4 is 22.2 Å². The molecule has 20 heavy (non-hydrogen) atoms. The lowest BCUT2D eigenvalue weighted by Crippen LogP contribution is -2.29. The van der Waals surface area contributed by atoms with E-state index in [-0.39, 0.29) is 6.04 Å². The Morgan fingerprint density at radius 2 is 2.00 bits per heavy atom. The van der Waals surface area contributed by atoms with Crippen LogP contribution in [-0.4, -0.2) is 4.98 Å². The molecule has 4 heteroatoms. The minimum absolute atomic E-state index is 0.113. The van der Waals surface area contributed by atoms with Crippen molar-refractivity contribution in [3.8, 4) is 0 Å². The Bertz CT molecular complexity index is 720. The number of fused-ring (bicyclic) bond motifs is 1. The van der Waals surface area contributed by atoms with Crippen molar-refractivity contribution in [3.05, 3.63) is 64.0 Å².